The summed E-state index contributed by atoms with van der Waals surface area (Å²) in [6, 6.07) is 2.96. The SMILES string of the molecule is Cc1cc([C@H](CC(C)C)N2CCNCC2)sc1Br.Cl.Cl. The van der Waals surface area contributed by atoms with Crippen LogP contribution in [0, 0.1) is 12.8 Å². The summed E-state index contributed by atoms with van der Waals surface area (Å²) in [6.45, 7) is 11.4. The molecule has 1 aliphatic heterocycles. The average molecular weight is 404 g/mol. The Labute approximate surface area is 147 Å². The molecule has 1 aromatic heterocycles. The molecule has 1 N–H and O–H groups in total. The van der Waals surface area contributed by atoms with Gasteiger partial charge in [0.1, 0.15) is 0 Å². The molecule has 0 bridgehead atoms. The van der Waals surface area contributed by atoms with Gasteiger partial charge in [0.15, 0.2) is 0 Å². The van der Waals surface area contributed by atoms with Crippen LogP contribution in [0.25, 0.3) is 0 Å². The van der Waals surface area contributed by atoms with Crippen LogP contribution in [-0.4, -0.2) is 31.1 Å². The summed E-state index contributed by atoms with van der Waals surface area (Å²) >= 11 is 5.57. The molecule has 0 aromatic carbocycles. The number of piperazine rings is 1. The first-order valence-corrected chi connectivity index (χ1v) is 8.39. The van der Waals surface area contributed by atoms with E-state index in [4.69, 9.17) is 0 Å². The van der Waals surface area contributed by atoms with Crippen molar-refractivity contribution in [2.24, 2.45) is 5.92 Å². The number of hydrogen-bond acceptors (Lipinski definition) is 3. The monoisotopic (exact) mass is 402 g/mol. The van der Waals surface area contributed by atoms with Crippen molar-refractivity contribution in [3.05, 3.63) is 20.3 Å². The summed E-state index contributed by atoms with van der Waals surface area (Å²) in [4.78, 5) is 4.17. The molecule has 0 radical (unpaired) electrons. The van der Waals surface area contributed by atoms with E-state index in [2.05, 4.69) is 53.0 Å². The van der Waals surface area contributed by atoms with Crippen LogP contribution in [-0.2, 0) is 0 Å². The fourth-order valence-electron chi connectivity index (χ4n) is 2.53. The van der Waals surface area contributed by atoms with E-state index < -0.39 is 0 Å². The van der Waals surface area contributed by atoms with Crippen LogP contribution >= 0.6 is 52.1 Å². The van der Waals surface area contributed by atoms with Gasteiger partial charge in [-0.2, -0.15) is 0 Å². The van der Waals surface area contributed by atoms with Gasteiger partial charge in [-0.3, -0.25) is 4.90 Å². The fraction of sp³-hybridized carbons (Fsp3) is 0.714. The minimum absolute atomic E-state index is 0. The number of nitrogens with zero attached hydrogens (tertiary/aromatic N) is 1. The number of nitrogens with one attached hydrogen (secondary N) is 1. The normalized spacial score (nSPS) is 17.4. The van der Waals surface area contributed by atoms with Crippen LogP contribution in [0.1, 0.15) is 36.8 Å². The molecule has 0 spiro atoms. The van der Waals surface area contributed by atoms with Gasteiger partial charge in [0.05, 0.1) is 3.79 Å². The van der Waals surface area contributed by atoms with E-state index in [1.54, 1.807) is 0 Å². The second-order valence-electron chi connectivity index (χ2n) is 5.54. The standard InChI is InChI=1S/C14H23BrN2S.2ClH/c1-10(2)8-12(17-6-4-16-5-7-17)13-9-11(3)14(15)18-13;;/h9-10,12,16H,4-8H2,1-3H3;2*1H/t12-;;/m0../s1. The Bertz CT molecular complexity index is 373. The van der Waals surface area contributed by atoms with Gasteiger partial charge < -0.3 is 5.32 Å². The van der Waals surface area contributed by atoms with E-state index in [1.807, 2.05) is 11.3 Å². The highest BCUT2D eigenvalue weighted by atomic mass is 79.9. The van der Waals surface area contributed by atoms with Crippen molar-refractivity contribution in [1.29, 1.82) is 0 Å². The lowest BCUT2D eigenvalue weighted by molar-refractivity contribution is 0.156. The summed E-state index contributed by atoms with van der Waals surface area (Å²) in [5, 5.41) is 3.44. The molecule has 0 amide bonds. The Morgan fingerprint density at radius 1 is 1.30 bits per heavy atom. The van der Waals surface area contributed by atoms with Crippen molar-refractivity contribution in [3.8, 4) is 0 Å². The maximum atomic E-state index is 3.66. The van der Waals surface area contributed by atoms with Gasteiger partial charge in [0, 0.05) is 37.1 Å². The second-order valence-corrected chi connectivity index (χ2v) is 7.94. The zero-order valence-corrected chi connectivity index (χ0v) is 16.4. The molecular formula is C14H25BrCl2N2S. The van der Waals surface area contributed by atoms with Crippen molar-refractivity contribution >= 4 is 52.1 Å². The molecule has 1 saturated heterocycles. The van der Waals surface area contributed by atoms with E-state index >= 15 is 0 Å². The third kappa shape index (κ3) is 5.47. The van der Waals surface area contributed by atoms with Crippen molar-refractivity contribution < 1.29 is 0 Å². The van der Waals surface area contributed by atoms with E-state index in [-0.39, 0.29) is 24.8 Å². The summed E-state index contributed by atoms with van der Waals surface area (Å²) in [6.07, 6.45) is 1.26. The van der Waals surface area contributed by atoms with E-state index in [1.165, 1.54) is 33.7 Å². The largest absolute Gasteiger partial charge is 0.314 e. The topological polar surface area (TPSA) is 15.3 Å². The minimum Gasteiger partial charge on any atom is -0.314 e. The fourth-order valence-corrected chi connectivity index (χ4v) is 4.25. The van der Waals surface area contributed by atoms with Crippen LogP contribution in [0.4, 0.5) is 0 Å². The molecule has 6 heteroatoms. The van der Waals surface area contributed by atoms with Crippen molar-refractivity contribution in [3.63, 3.8) is 0 Å². The quantitative estimate of drug-likeness (QED) is 0.786. The smallest absolute Gasteiger partial charge is 0.0731 e. The molecular weight excluding hydrogens is 379 g/mol. The lowest BCUT2D eigenvalue weighted by atomic mass is 10.00. The molecule has 0 unspecified atom stereocenters. The van der Waals surface area contributed by atoms with Gasteiger partial charge in [-0.1, -0.05) is 13.8 Å². The Kier molecular flexibility index (Phi) is 9.98. The lowest BCUT2D eigenvalue weighted by Gasteiger charge is -2.35. The molecule has 0 aliphatic carbocycles. The molecule has 1 fully saturated rings. The first kappa shape index (κ1) is 20.7. The van der Waals surface area contributed by atoms with E-state index in [9.17, 15) is 0 Å². The average Bonchev–Trinajstić information content (AvgIpc) is 2.67. The van der Waals surface area contributed by atoms with Crippen molar-refractivity contribution in [2.75, 3.05) is 26.2 Å². The molecule has 2 nitrogen and oxygen atoms in total. The van der Waals surface area contributed by atoms with Gasteiger partial charge in [-0.05, 0) is 46.8 Å². The highest BCUT2D eigenvalue weighted by Gasteiger charge is 2.24. The Balaban J connectivity index is 0.00000180. The zero-order valence-electron chi connectivity index (χ0n) is 12.3. The Morgan fingerprint density at radius 2 is 1.90 bits per heavy atom. The number of hydrogen-bond donors (Lipinski definition) is 1. The number of halogens is 3. The van der Waals surface area contributed by atoms with Crippen LogP contribution in [0.15, 0.2) is 9.85 Å². The maximum Gasteiger partial charge on any atom is 0.0731 e. The van der Waals surface area contributed by atoms with E-state index in [0.29, 0.717) is 6.04 Å². The third-order valence-electron chi connectivity index (χ3n) is 3.49. The van der Waals surface area contributed by atoms with Crippen LogP contribution in [0.2, 0.25) is 0 Å². The molecule has 118 valence electrons. The molecule has 0 saturated carbocycles. The summed E-state index contributed by atoms with van der Waals surface area (Å²) in [5.74, 6) is 0.742. The van der Waals surface area contributed by atoms with Gasteiger partial charge in [-0.25, -0.2) is 0 Å². The molecule has 1 atom stereocenters. The molecule has 20 heavy (non-hydrogen) atoms. The van der Waals surface area contributed by atoms with Crippen LogP contribution in [0.5, 0.6) is 0 Å². The second kappa shape index (κ2) is 9.65. The minimum atomic E-state index is 0. The van der Waals surface area contributed by atoms with Crippen molar-refractivity contribution in [2.45, 2.75) is 33.2 Å². The predicted molar refractivity (Wildman–Crippen MR) is 97.9 cm³/mol. The molecule has 1 aromatic rings. The molecule has 2 heterocycles. The van der Waals surface area contributed by atoms with Crippen molar-refractivity contribution in [1.82, 2.24) is 10.2 Å². The van der Waals surface area contributed by atoms with Crippen LogP contribution in [0.3, 0.4) is 0 Å². The third-order valence-corrected chi connectivity index (χ3v) is 5.73. The number of thiophene rings is 1. The van der Waals surface area contributed by atoms with Gasteiger partial charge in [0.2, 0.25) is 0 Å². The predicted octanol–water partition coefficient (Wildman–Crippen LogP) is 4.66. The van der Waals surface area contributed by atoms with Gasteiger partial charge in [-0.15, -0.1) is 36.2 Å². The summed E-state index contributed by atoms with van der Waals surface area (Å²) in [5.41, 5.74) is 1.37. The maximum absolute atomic E-state index is 3.66. The number of aryl methyl sites for hydroxylation is 1. The highest BCUT2D eigenvalue weighted by Crippen LogP contribution is 2.37. The van der Waals surface area contributed by atoms with E-state index in [0.717, 1.165) is 19.0 Å². The summed E-state index contributed by atoms with van der Waals surface area (Å²) in [7, 11) is 0. The zero-order chi connectivity index (χ0) is 13.1. The Hall–Kier alpha value is 0.680. The highest BCUT2D eigenvalue weighted by molar-refractivity contribution is 9.11. The summed E-state index contributed by atoms with van der Waals surface area (Å²) < 4.78 is 1.29. The lowest BCUT2D eigenvalue weighted by Crippen LogP contribution is -2.45. The van der Waals surface area contributed by atoms with Gasteiger partial charge in [0.25, 0.3) is 0 Å². The van der Waals surface area contributed by atoms with Gasteiger partial charge >= 0.3 is 0 Å². The Morgan fingerprint density at radius 3 is 2.35 bits per heavy atom. The first-order valence-electron chi connectivity index (χ1n) is 6.78. The first-order chi connectivity index (χ1) is 8.58. The number of rotatable bonds is 4. The van der Waals surface area contributed by atoms with Crippen LogP contribution < -0.4 is 5.32 Å². The molecule has 2 rings (SSSR count). The molecule has 1 aliphatic rings.